The van der Waals surface area contributed by atoms with Crippen LogP contribution in [0.4, 0.5) is 0 Å². The Labute approximate surface area is 129 Å². The lowest BCUT2D eigenvalue weighted by atomic mass is 9.76. The molecule has 0 bridgehead atoms. The summed E-state index contributed by atoms with van der Waals surface area (Å²) in [5.74, 6) is -0.726. The molecule has 0 saturated carbocycles. The van der Waals surface area contributed by atoms with Gasteiger partial charge in [0.15, 0.2) is 5.78 Å². The maximum atomic E-state index is 12.0. The van der Waals surface area contributed by atoms with E-state index < -0.39 is 5.92 Å². The molecule has 0 amide bonds. The van der Waals surface area contributed by atoms with Gasteiger partial charge in [-0.05, 0) is 31.5 Å². The molecule has 104 valence electrons. The van der Waals surface area contributed by atoms with Crippen LogP contribution >= 0.6 is 24.2 Å². The summed E-state index contributed by atoms with van der Waals surface area (Å²) in [5, 5.41) is 12.9. The minimum absolute atomic E-state index is 0.0320. The number of nitrogens with one attached hydrogen (secondary N) is 1. The lowest BCUT2D eigenvalue weighted by Crippen LogP contribution is -2.41. The van der Waals surface area contributed by atoms with Crippen LogP contribution in [0.15, 0.2) is 35.5 Å². The van der Waals surface area contributed by atoms with E-state index in [0.717, 1.165) is 11.3 Å². The number of hydrogen-bond donors (Lipinski definition) is 2. The fourth-order valence-electron chi connectivity index (χ4n) is 2.66. The van der Waals surface area contributed by atoms with Crippen LogP contribution in [0.1, 0.15) is 25.3 Å². The van der Waals surface area contributed by atoms with Gasteiger partial charge in [0.05, 0.1) is 17.4 Å². The van der Waals surface area contributed by atoms with E-state index in [1.807, 2.05) is 19.1 Å². The van der Waals surface area contributed by atoms with E-state index in [1.165, 1.54) is 6.92 Å². The predicted octanol–water partition coefficient (Wildman–Crippen LogP) is 3.29. The number of Topliss-reactive ketones (excluding diaryl/α,β-unsaturated/α-hetero) is 1. The maximum absolute atomic E-state index is 12.0. The van der Waals surface area contributed by atoms with Gasteiger partial charge < -0.3 is 5.32 Å². The van der Waals surface area contributed by atoms with E-state index in [4.69, 9.17) is 11.6 Å². The number of carbonyl (C=O) groups excluding carboxylic acids is 1. The highest BCUT2D eigenvalue weighted by molar-refractivity contribution is 7.80. The molecule has 20 heavy (non-hydrogen) atoms. The SMILES string of the molecule is CC(=O)C1=C(C)NC(S)C(C#N)C1c1ccc(Cl)cc1. The second-order valence-corrected chi connectivity index (χ2v) is 5.86. The van der Waals surface area contributed by atoms with Crippen molar-refractivity contribution in [1.82, 2.24) is 5.32 Å². The third kappa shape index (κ3) is 2.70. The van der Waals surface area contributed by atoms with Crippen molar-refractivity contribution in [2.24, 2.45) is 5.92 Å². The molecule has 0 saturated heterocycles. The first-order valence-corrected chi connectivity index (χ1v) is 7.16. The number of nitriles is 1. The smallest absolute Gasteiger partial charge is 0.158 e. The number of ketones is 1. The van der Waals surface area contributed by atoms with Crippen LogP contribution in [0.2, 0.25) is 5.02 Å². The van der Waals surface area contributed by atoms with Gasteiger partial charge in [-0.25, -0.2) is 0 Å². The van der Waals surface area contributed by atoms with Crippen LogP contribution in [0, 0.1) is 17.2 Å². The zero-order chi connectivity index (χ0) is 14.9. The van der Waals surface area contributed by atoms with Crippen molar-refractivity contribution in [2.45, 2.75) is 25.1 Å². The molecule has 1 N–H and O–H groups in total. The van der Waals surface area contributed by atoms with E-state index in [1.54, 1.807) is 12.1 Å². The van der Waals surface area contributed by atoms with Gasteiger partial charge in [-0.3, -0.25) is 4.79 Å². The molecule has 0 fully saturated rings. The van der Waals surface area contributed by atoms with Crippen molar-refractivity contribution < 1.29 is 4.79 Å². The van der Waals surface area contributed by atoms with Gasteiger partial charge in [0.25, 0.3) is 0 Å². The summed E-state index contributed by atoms with van der Waals surface area (Å²) in [4.78, 5) is 12.0. The quantitative estimate of drug-likeness (QED) is 0.824. The largest absolute Gasteiger partial charge is 0.375 e. The van der Waals surface area contributed by atoms with Crippen molar-refractivity contribution in [1.29, 1.82) is 5.26 Å². The standard InChI is InChI=1S/C15H15ClN2OS/c1-8-13(9(2)19)14(12(7-17)15(20)18-8)10-3-5-11(16)6-4-10/h3-6,12,14-15,18,20H,1-2H3. The van der Waals surface area contributed by atoms with Gasteiger partial charge in [0.1, 0.15) is 0 Å². The van der Waals surface area contributed by atoms with Crippen LogP contribution in [-0.2, 0) is 4.79 Å². The Hall–Kier alpha value is -1.44. The minimum Gasteiger partial charge on any atom is -0.375 e. The van der Waals surface area contributed by atoms with E-state index in [9.17, 15) is 10.1 Å². The van der Waals surface area contributed by atoms with Crippen LogP contribution in [-0.4, -0.2) is 11.2 Å². The van der Waals surface area contributed by atoms with Crippen molar-refractivity contribution in [3.8, 4) is 6.07 Å². The number of benzene rings is 1. The Morgan fingerprint density at radius 2 is 2.00 bits per heavy atom. The van der Waals surface area contributed by atoms with Crippen molar-refractivity contribution in [2.75, 3.05) is 0 Å². The molecule has 1 aliphatic rings. The highest BCUT2D eigenvalue weighted by Gasteiger charge is 2.38. The topological polar surface area (TPSA) is 52.9 Å². The molecule has 1 aromatic carbocycles. The van der Waals surface area contributed by atoms with Gasteiger partial charge >= 0.3 is 0 Å². The number of thiol groups is 1. The average molecular weight is 307 g/mol. The molecule has 3 unspecified atom stereocenters. The summed E-state index contributed by atoms with van der Waals surface area (Å²) in [6, 6.07) is 9.53. The molecular weight excluding hydrogens is 292 g/mol. The summed E-state index contributed by atoms with van der Waals surface area (Å²) in [6.45, 7) is 3.37. The van der Waals surface area contributed by atoms with Gasteiger partial charge in [0, 0.05) is 22.2 Å². The number of allylic oxidation sites excluding steroid dienone is 2. The first kappa shape index (κ1) is 15.0. The van der Waals surface area contributed by atoms with E-state index >= 15 is 0 Å². The molecular formula is C15H15ClN2OS. The monoisotopic (exact) mass is 306 g/mol. The fourth-order valence-corrected chi connectivity index (χ4v) is 3.22. The van der Waals surface area contributed by atoms with E-state index in [2.05, 4.69) is 24.0 Å². The molecule has 5 heteroatoms. The zero-order valence-corrected chi connectivity index (χ0v) is 12.9. The minimum atomic E-state index is -0.415. The highest BCUT2D eigenvalue weighted by Crippen LogP contribution is 2.40. The molecule has 0 aliphatic carbocycles. The maximum Gasteiger partial charge on any atom is 0.158 e. The normalized spacial score (nSPS) is 25.9. The summed E-state index contributed by atoms with van der Waals surface area (Å²) < 4.78 is 0. The predicted molar refractivity (Wildman–Crippen MR) is 82.6 cm³/mol. The Morgan fingerprint density at radius 1 is 1.40 bits per heavy atom. The lowest BCUT2D eigenvalue weighted by molar-refractivity contribution is -0.114. The second kappa shape index (κ2) is 5.90. The average Bonchev–Trinajstić information content (AvgIpc) is 2.38. The highest BCUT2D eigenvalue weighted by atomic mass is 35.5. The summed E-state index contributed by atoms with van der Waals surface area (Å²) in [7, 11) is 0. The molecule has 3 nitrogen and oxygen atoms in total. The van der Waals surface area contributed by atoms with Crippen LogP contribution < -0.4 is 5.32 Å². The second-order valence-electron chi connectivity index (χ2n) is 4.87. The number of halogens is 1. The lowest BCUT2D eigenvalue weighted by Gasteiger charge is -2.35. The zero-order valence-electron chi connectivity index (χ0n) is 11.2. The molecule has 0 radical (unpaired) electrons. The van der Waals surface area contributed by atoms with Gasteiger partial charge in [0.2, 0.25) is 0 Å². The third-order valence-corrected chi connectivity index (χ3v) is 4.24. The number of hydrogen-bond acceptors (Lipinski definition) is 4. The molecule has 3 atom stereocenters. The third-order valence-electron chi connectivity index (χ3n) is 3.54. The molecule has 0 spiro atoms. The molecule has 1 aliphatic heterocycles. The Bertz CT molecular complexity index is 603. The van der Waals surface area contributed by atoms with E-state index in [0.29, 0.717) is 10.6 Å². The molecule has 0 aromatic heterocycles. The Kier molecular flexibility index (Phi) is 4.42. The number of nitrogens with zero attached hydrogens (tertiary/aromatic N) is 1. The number of carbonyl (C=O) groups is 1. The molecule has 1 aromatic rings. The summed E-state index contributed by atoms with van der Waals surface area (Å²) in [6.07, 6.45) is 0. The van der Waals surface area contributed by atoms with Crippen molar-refractivity contribution >= 4 is 30.0 Å². The molecule has 2 rings (SSSR count). The summed E-state index contributed by atoms with van der Waals surface area (Å²) in [5.41, 5.74) is 2.33. The van der Waals surface area contributed by atoms with Crippen LogP contribution in [0.5, 0.6) is 0 Å². The Balaban J connectivity index is 2.58. The number of rotatable bonds is 2. The van der Waals surface area contributed by atoms with Crippen molar-refractivity contribution in [3.63, 3.8) is 0 Å². The first-order valence-electron chi connectivity index (χ1n) is 6.27. The van der Waals surface area contributed by atoms with E-state index in [-0.39, 0.29) is 17.1 Å². The van der Waals surface area contributed by atoms with Gasteiger partial charge in [-0.2, -0.15) is 17.9 Å². The fraction of sp³-hybridized carbons (Fsp3) is 0.333. The molecule has 1 heterocycles. The van der Waals surface area contributed by atoms with Crippen LogP contribution in [0.25, 0.3) is 0 Å². The first-order chi connectivity index (χ1) is 9.45. The van der Waals surface area contributed by atoms with Gasteiger partial charge in [-0.1, -0.05) is 23.7 Å². The Morgan fingerprint density at radius 3 is 2.50 bits per heavy atom. The summed E-state index contributed by atoms with van der Waals surface area (Å²) >= 11 is 10.3. The van der Waals surface area contributed by atoms with Crippen LogP contribution in [0.3, 0.4) is 0 Å². The van der Waals surface area contributed by atoms with Crippen molar-refractivity contribution in [3.05, 3.63) is 46.1 Å². The van der Waals surface area contributed by atoms with Gasteiger partial charge in [-0.15, -0.1) is 0 Å².